The van der Waals surface area contributed by atoms with Gasteiger partial charge in [-0.05, 0) is 11.6 Å². The van der Waals surface area contributed by atoms with Crippen LogP contribution in [0.15, 0.2) is 24.3 Å². The standard InChI is InChI=1S/C9H7F3NO/c10-9(11,12)5-6-3-1-2-4-7(6)8(13)14/h1-5H,(H2,13,14). The van der Waals surface area contributed by atoms with Crippen LogP contribution in [0.4, 0.5) is 13.2 Å². The molecular formula is C9H7F3NO. The lowest BCUT2D eigenvalue weighted by atomic mass is 10.0. The van der Waals surface area contributed by atoms with Crippen molar-refractivity contribution in [1.82, 2.24) is 0 Å². The molecule has 1 radical (unpaired) electrons. The third-order valence-corrected chi connectivity index (χ3v) is 1.55. The molecule has 1 aromatic carbocycles. The van der Waals surface area contributed by atoms with Gasteiger partial charge in [0.05, 0.1) is 6.42 Å². The Hall–Kier alpha value is -1.52. The molecule has 0 aromatic heterocycles. The molecule has 0 atom stereocenters. The summed E-state index contributed by atoms with van der Waals surface area (Å²) in [6.07, 6.45) is -4.40. The summed E-state index contributed by atoms with van der Waals surface area (Å²) in [7, 11) is 0. The van der Waals surface area contributed by atoms with Crippen LogP contribution in [0.1, 0.15) is 15.9 Å². The number of alkyl halides is 3. The maximum Gasteiger partial charge on any atom is 0.396 e. The van der Waals surface area contributed by atoms with Gasteiger partial charge in [0.2, 0.25) is 5.91 Å². The van der Waals surface area contributed by atoms with Crippen molar-refractivity contribution in [3.63, 3.8) is 0 Å². The number of hydrogen-bond donors (Lipinski definition) is 1. The lowest BCUT2D eigenvalue weighted by molar-refractivity contribution is -0.0928. The monoisotopic (exact) mass is 202 g/mol. The molecule has 0 spiro atoms. The molecule has 0 unspecified atom stereocenters. The fourth-order valence-corrected chi connectivity index (χ4v) is 1.02. The van der Waals surface area contributed by atoms with Crippen LogP contribution in [-0.4, -0.2) is 12.1 Å². The summed E-state index contributed by atoms with van der Waals surface area (Å²) >= 11 is 0. The quantitative estimate of drug-likeness (QED) is 0.781. The molecule has 1 amide bonds. The van der Waals surface area contributed by atoms with E-state index in [1.54, 1.807) is 0 Å². The lowest BCUT2D eigenvalue weighted by Gasteiger charge is -2.08. The first-order chi connectivity index (χ1) is 6.40. The molecule has 0 aliphatic heterocycles. The SMILES string of the molecule is NC(=O)c1ccccc1[CH]C(F)(F)F. The van der Waals surface area contributed by atoms with Crippen LogP contribution in [-0.2, 0) is 0 Å². The van der Waals surface area contributed by atoms with Gasteiger partial charge in [0.15, 0.2) is 0 Å². The Morgan fingerprint density at radius 3 is 2.36 bits per heavy atom. The van der Waals surface area contributed by atoms with Gasteiger partial charge >= 0.3 is 6.18 Å². The normalized spacial score (nSPS) is 11.4. The van der Waals surface area contributed by atoms with E-state index >= 15 is 0 Å². The number of hydrogen-bond acceptors (Lipinski definition) is 1. The highest BCUT2D eigenvalue weighted by molar-refractivity contribution is 5.94. The van der Waals surface area contributed by atoms with Gasteiger partial charge in [-0.25, -0.2) is 0 Å². The number of rotatable bonds is 2. The van der Waals surface area contributed by atoms with Crippen molar-refractivity contribution < 1.29 is 18.0 Å². The first-order valence-electron chi connectivity index (χ1n) is 3.71. The van der Waals surface area contributed by atoms with Gasteiger partial charge in [-0.15, -0.1) is 0 Å². The van der Waals surface area contributed by atoms with E-state index in [0.29, 0.717) is 0 Å². The summed E-state index contributed by atoms with van der Waals surface area (Å²) in [5, 5.41) is 0. The van der Waals surface area contributed by atoms with Gasteiger partial charge in [0, 0.05) is 5.56 Å². The van der Waals surface area contributed by atoms with Gasteiger partial charge in [-0.2, -0.15) is 13.2 Å². The van der Waals surface area contributed by atoms with Gasteiger partial charge < -0.3 is 5.73 Å². The Kier molecular flexibility index (Phi) is 2.78. The fourth-order valence-electron chi connectivity index (χ4n) is 1.02. The van der Waals surface area contributed by atoms with E-state index in [1.807, 2.05) is 0 Å². The highest BCUT2D eigenvalue weighted by Crippen LogP contribution is 2.25. The molecule has 0 aliphatic rings. The zero-order valence-electron chi connectivity index (χ0n) is 7.01. The summed E-state index contributed by atoms with van der Waals surface area (Å²) < 4.78 is 35.9. The van der Waals surface area contributed by atoms with Gasteiger partial charge in [-0.3, -0.25) is 4.79 Å². The average Bonchev–Trinajstić information content (AvgIpc) is 2.01. The minimum Gasteiger partial charge on any atom is -0.366 e. The minimum absolute atomic E-state index is 0.0487. The van der Waals surface area contributed by atoms with E-state index in [1.165, 1.54) is 24.3 Å². The summed E-state index contributed by atoms with van der Waals surface area (Å²) in [4.78, 5) is 10.7. The Morgan fingerprint density at radius 1 is 1.29 bits per heavy atom. The van der Waals surface area contributed by atoms with Crippen LogP contribution in [0.3, 0.4) is 0 Å². The third-order valence-electron chi connectivity index (χ3n) is 1.55. The Labute approximate surface area is 78.5 Å². The van der Waals surface area contributed by atoms with Crippen molar-refractivity contribution in [3.05, 3.63) is 41.8 Å². The molecule has 0 saturated heterocycles. The summed E-state index contributed by atoms with van der Waals surface area (Å²) in [5.41, 5.74) is 4.56. The Bertz CT molecular complexity index is 346. The van der Waals surface area contributed by atoms with E-state index in [2.05, 4.69) is 0 Å². The van der Waals surface area contributed by atoms with E-state index in [0.717, 1.165) is 0 Å². The van der Waals surface area contributed by atoms with Gasteiger partial charge in [0.25, 0.3) is 0 Å². The Balaban J connectivity index is 3.02. The zero-order chi connectivity index (χ0) is 10.8. The number of nitrogens with two attached hydrogens (primary N) is 1. The van der Waals surface area contributed by atoms with Crippen LogP contribution in [0.5, 0.6) is 0 Å². The zero-order valence-corrected chi connectivity index (χ0v) is 7.01. The number of primary amides is 1. The second kappa shape index (κ2) is 3.69. The van der Waals surface area contributed by atoms with Gasteiger partial charge in [-0.1, -0.05) is 18.2 Å². The van der Waals surface area contributed by atoms with Crippen LogP contribution >= 0.6 is 0 Å². The van der Waals surface area contributed by atoms with E-state index in [-0.39, 0.29) is 17.5 Å². The fraction of sp³-hybridized carbons (Fsp3) is 0.111. The van der Waals surface area contributed by atoms with E-state index < -0.39 is 12.1 Å². The van der Waals surface area contributed by atoms with Crippen molar-refractivity contribution in [3.8, 4) is 0 Å². The predicted molar refractivity (Wildman–Crippen MR) is 44.4 cm³/mol. The molecule has 14 heavy (non-hydrogen) atoms. The van der Waals surface area contributed by atoms with Crippen LogP contribution in [0.25, 0.3) is 0 Å². The second-order valence-electron chi connectivity index (χ2n) is 2.64. The number of carbonyl (C=O) groups is 1. The predicted octanol–water partition coefficient (Wildman–Crippen LogP) is 1.90. The highest BCUT2D eigenvalue weighted by Gasteiger charge is 2.29. The van der Waals surface area contributed by atoms with E-state index in [4.69, 9.17) is 5.73 Å². The van der Waals surface area contributed by atoms with Crippen LogP contribution in [0, 0.1) is 6.42 Å². The first-order valence-corrected chi connectivity index (χ1v) is 3.71. The minimum atomic E-state index is -4.45. The van der Waals surface area contributed by atoms with Crippen molar-refractivity contribution in [1.29, 1.82) is 0 Å². The number of carbonyl (C=O) groups excluding carboxylic acids is 1. The smallest absolute Gasteiger partial charge is 0.366 e. The molecule has 0 heterocycles. The molecule has 1 rings (SSSR count). The number of amides is 1. The average molecular weight is 202 g/mol. The topological polar surface area (TPSA) is 43.1 Å². The molecule has 75 valence electrons. The summed E-state index contributed by atoms with van der Waals surface area (Å²) in [6.45, 7) is 0. The van der Waals surface area contributed by atoms with Crippen molar-refractivity contribution in [2.45, 2.75) is 6.18 Å². The molecule has 2 nitrogen and oxygen atoms in total. The molecule has 1 aromatic rings. The van der Waals surface area contributed by atoms with Crippen molar-refractivity contribution >= 4 is 5.91 Å². The summed E-state index contributed by atoms with van der Waals surface area (Å²) in [6, 6.07) is 5.30. The molecule has 2 N–H and O–H groups in total. The molecular weight excluding hydrogens is 195 g/mol. The molecule has 0 aliphatic carbocycles. The first kappa shape index (κ1) is 10.6. The molecule has 0 bridgehead atoms. The van der Waals surface area contributed by atoms with Crippen molar-refractivity contribution in [2.75, 3.05) is 0 Å². The Morgan fingerprint density at radius 2 is 1.86 bits per heavy atom. The van der Waals surface area contributed by atoms with Crippen LogP contribution < -0.4 is 5.73 Å². The van der Waals surface area contributed by atoms with E-state index in [9.17, 15) is 18.0 Å². The highest BCUT2D eigenvalue weighted by atomic mass is 19.4. The second-order valence-corrected chi connectivity index (χ2v) is 2.64. The van der Waals surface area contributed by atoms with Crippen molar-refractivity contribution in [2.24, 2.45) is 5.73 Å². The lowest BCUT2D eigenvalue weighted by Crippen LogP contribution is -2.17. The molecule has 0 fully saturated rings. The maximum atomic E-state index is 12.0. The maximum absolute atomic E-state index is 12.0. The van der Waals surface area contributed by atoms with Crippen LogP contribution in [0.2, 0.25) is 0 Å². The summed E-state index contributed by atoms with van der Waals surface area (Å²) in [5.74, 6) is -0.874. The number of benzene rings is 1. The third kappa shape index (κ3) is 2.76. The van der Waals surface area contributed by atoms with Gasteiger partial charge in [0.1, 0.15) is 0 Å². The molecule has 0 saturated carbocycles. The number of halogens is 3. The molecule has 5 heteroatoms. The largest absolute Gasteiger partial charge is 0.396 e.